The first-order chi connectivity index (χ1) is 13.6. The smallest absolute Gasteiger partial charge is 0.290 e. The standard InChI is InChI=1S/C21H24N4O3/c1-15-6-4-7-16(14-15)20-23-19(21(26)22-12-5-13-27-2)24-25(20)17-8-10-18(28-3)11-9-17/h4,6-11,14H,5,12-13H2,1-3H3,(H,22,26). The molecule has 3 aromatic rings. The quantitative estimate of drug-likeness (QED) is 0.608. The van der Waals surface area contributed by atoms with E-state index in [4.69, 9.17) is 9.47 Å². The fourth-order valence-electron chi connectivity index (χ4n) is 2.78. The van der Waals surface area contributed by atoms with Crippen molar-refractivity contribution in [1.29, 1.82) is 0 Å². The lowest BCUT2D eigenvalue weighted by Crippen LogP contribution is -2.26. The molecule has 0 saturated carbocycles. The summed E-state index contributed by atoms with van der Waals surface area (Å²) in [5, 5.41) is 7.29. The molecule has 3 rings (SSSR count). The molecule has 0 aliphatic carbocycles. The maximum Gasteiger partial charge on any atom is 0.290 e. The van der Waals surface area contributed by atoms with Crippen molar-refractivity contribution in [3.63, 3.8) is 0 Å². The van der Waals surface area contributed by atoms with E-state index in [-0.39, 0.29) is 11.7 Å². The first-order valence-electron chi connectivity index (χ1n) is 9.08. The Morgan fingerprint density at radius 3 is 2.61 bits per heavy atom. The normalized spacial score (nSPS) is 10.7. The predicted octanol–water partition coefficient (Wildman–Crippen LogP) is 3.02. The Balaban J connectivity index is 1.96. The van der Waals surface area contributed by atoms with Gasteiger partial charge in [-0.1, -0.05) is 23.8 Å². The fraction of sp³-hybridized carbons (Fsp3) is 0.286. The molecular weight excluding hydrogens is 356 g/mol. The van der Waals surface area contributed by atoms with Crippen LogP contribution in [-0.4, -0.2) is 48.0 Å². The number of nitrogens with one attached hydrogen (secondary N) is 1. The number of rotatable bonds is 8. The molecule has 7 heteroatoms. The molecular formula is C21H24N4O3. The first kappa shape index (κ1) is 19.6. The van der Waals surface area contributed by atoms with Gasteiger partial charge in [0.25, 0.3) is 5.91 Å². The maximum atomic E-state index is 12.5. The Morgan fingerprint density at radius 2 is 1.93 bits per heavy atom. The summed E-state index contributed by atoms with van der Waals surface area (Å²) in [6, 6.07) is 15.4. The average molecular weight is 380 g/mol. The molecule has 0 bridgehead atoms. The van der Waals surface area contributed by atoms with E-state index >= 15 is 0 Å². The zero-order valence-corrected chi connectivity index (χ0v) is 16.3. The van der Waals surface area contributed by atoms with Crippen LogP contribution in [0.25, 0.3) is 17.1 Å². The summed E-state index contributed by atoms with van der Waals surface area (Å²) in [6.07, 6.45) is 0.728. The van der Waals surface area contributed by atoms with Crippen molar-refractivity contribution >= 4 is 5.91 Å². The van der Waals surface area contributed by atoms with E-state index in [1.807, 2.05) is 55.5 Å². The largest absolute Gasteiger partial charge is 0.497 e. The summed E-state index contributed by atoms with van der Waals surface area (Å²) in [5.74, 6) is 1.18. The van der Waals surface area contributed by atoms with Crippen molar-refractivity contribution in [1.82, 2.24) is 20.1 Å². The third-order valence-corrected chi connectivity index (χ3v) is 4.21. The van der Waals surface area contributed by atoms with Gasteiger partial charge in [-0.25, -0.2) is 9.67 Å². The lowest BCUT2D eigenvalue weighted by atomic mass is 10.1. The first-order valence-corrected chi connectivity index (χ1v) is 9.08. The molecule has 7 nitrogen and oxygen atoms in total. The minimum atomic E-state index is -0.308. The molecule has 0 saturated heterocycles. The topological polar surface area (TPSA) is 78.3 Å². The molecule has 1 amide bonds. The van der Waals surface area contributed by atoms with Gasteiger partial charge in [0, 0.05) is 25.8 Å². The van der Waals surface area contributed by atoms with E-state index in [1.54, 1.807) is 18.9 Å². The van der Waals surface area contributed by atoms with Crippen molar-refractivity contribution in [2.24, 2.45) is 0 Å². The number of ether oxygens (including phenoxy) is 2. The van der Waals surface area contributed by atoms with Crippen LogP contribution in [0.5, 0.6) is 5.75 Å². The van der Waals surface area contributed by atoms with Gasteiger partial charge in [0.05, 0.1) is 12.8 Å². The van der Waals surface area contributed by atoms with Gasteiger partial charge in [-0.15, -0.1) is 5.10 Å². The molecule has 0 aliphatic rings. The fourth-order valence-corrected chi connectivity index (χ4v) is 2.78. The molecule has 2 aromatic carbocycles. The Labute approximate surface area is 164 Å². The summed E-state index contributed by atoms with van der Waals surface area (Å²) in [7, 11) is 3.25. The average Bonchev–Trinajstić information content (AvgIpc) is 3.17. The number of hydrogen-bond donors (Lipinski definition) is 1. The lowest BCUT2D eigenvalue weighted by molar-refractivity contribution is 0.0938. The number of nitrogens with zero attached hydrogens (tertiary/aromatic N) is 3. The maximum absolute atomic E-state index is 12.5. The van der Waals surface area contributed by atoms with Crippen LogP contribution < -0.4 is 10.1 Å². The van der Waals surface area contributed by atoms with Crippen molar-refractivity contribution in [2.75, 3.05) is 27.4 Å². The van der Waals surface area contributed by atoms with Gasteiger partial charge in [0.1, 0.15) is 5.75 Å². The summed E-state index contributed by atoms with van der Waals surface area (Å²) in [6.45, 7) is 3.10. The van der Waals surface area contributed by atoms with Crippen LogP contribution in [0.3, 0.4) is 0 Å². The van der Waals surface area contributed by atoms with Crippen molar-refractivity contribution in [2.45, 2.75) is 13.3 Å². The zero-order valence-electron chi connectivity index (χ0n) is 16.3. The van der Waals surface area contributed by atoms with Crippen LogP contribution in [-0.2, 0) is 4.74 Å². The SMILES string of the molecule is COCCCNC(=O)c1nc(-c2cccc(C)c2)n(-c2ccc(OC)cc2)n1. The van der Waals surface area contributed by atoms with Crippen LogP contribution in [0.2, 0.25) is 0 Å². The van der Waals surface area contributed by atoms with E-state index in [9.17, 15) is 4.79 Å². The van der Waals surface area contributed by atoms with Crippen LogP contribution in [0.15, 0.2) is 48.5 Å². The molecule has 0 aliphatic heterocycles. The predicted molar refractivity (Wildman–Crippen MR) is 107 cm³/mol. The highest BCUT2D eigenvalue weighted by Gasteiger charge is 2.18. The lowest BCUT2D eigenvalue weighted by Gasteiger charge is -2.07. The summed E-state index contributed by atoms with van der Waals surface area (Å²) < 4.78 is 11.9. The van der Waals surface area contributed by atoms with E-state index in [1.165, 1.54) is 0 Å². The highest BCUT2D eigenvalue weighted by molar-refractivity contribution is 5.91. The van der Waals surface area contributed by atoms with Crippen molar-refractivity contribution in [3.05, 3.63) is 59.9 Å². The van der Waals surface area contributed by atoms with Crippen LogP contribution in [0.4, 0.5) is 0 Å². The number of aryl methyl sites for hydroxylation is 1. The molecule has 1 N–H and O–H groups in total. The Morgan fingerprint density at radius 1 is 1.14 bits per heavy atom. The van der Waals surface area contributed by atoms with Gasteiger partial charge in [-0.2, -0.15) is 0 Å². The second kappa shape index (κ2) is 9.14. The van der Waals surface area contributed by atoms with E-state index in [0.29, 0.717) is 19.0 Å². The molecule has 1 aromatic heterocycles. The molecule has 0 radical (unpaired) electrons. The Kier molecular flexibility index (Phi) is 6.39. The summed E-state index contributed by atoms with van der Waals surface area (Å²) in [4.78, 5) is 17.0. The molecule has 0 fully saturated rings. The molecule has 0 spiro atoms. The molecule has 28 heavy (non-hydrogen) atoms. The zero-order chi connectivity index (χ0) is 19.9. The minimum absolute atomic E-state index is 0.129. The van der Waals surface area contributed by atoms with Gasteiger partial charge in [-0.3, -0.25) is 4.79 Å². The number of hydrogen-bond acceptors (Lipinski definition) is 5. The van der Waals surface area contributed by atoms with E-state index in [0.717, 1.165) is 29.0 Å². The second-order valence-corrected chi connectivity index (χ2v) is 6.34. The number of amides is 1. The van der Waals surface area contributed by atoms with E-state index in [2.05, 4.69) is 15.4 Å². The van der Waals surface area contributed by atoms with Crippen molar-refractivity contribution in [3.8, 4) is 22.8 Å². The van der Waals surface area contributed by atoms with Gasteiger partial charge in [-0.05, 0) is 43.7 Å². The van der Waals surface area contributed by atoms with E-state index < -0.39 is 0 Å². The van der Waals surface area contributed by atoms with Crippen LogP contribution >= 0.6 is 0 Å². The van der Waals surface area contributed by atoms with Gasteiger partial charge in [0.2, 0.25) is 5.82 Å². The van der Waals surface area contributed by atoms with Gasteiger partial charge in [0.15, 0.2) is 5.82 Å². The third-order valence-electron chi connectivity index (χ3n) is 4.21. The van der Waals surface area contributed by atoms with Crippen molar-refractivity contribution < 1.29 is 14.3 Å². The highest BCUT2D eigenvalue weighted by atomic mass is 16.5. The minimum Gasteiger partial charge on any atom is -0.497 e. The van der Waals surface area contributed by atoms with Gasteiger partial charge >= 0.3 is 0 Å². The number of methoxy groups -OCH3 is 2. The molecule has 1 heterocycles. The summed E-state index contributed by atoms with van der Waals surface area (Å²) >= 11 is 0. The molecule has 146 valence electrons. The van der Waals surface area contributed by atoms with Gasteiger partial charge < -0.3 is 14.8 Å². The second-order valence-electron chi connectivity index (χ2n) is 6.34. The molecule has 0 atom stereocenters. The monoisotopic (exact) mass is 380 g/mol. The number of benzene rings is 2. The highest BCUT2D eigenvalue weighted by Crippen LogP contribution is 2.23. The number of carbonyl (C=O) groups is 1. The Hall–Kier alpha value is -3.19. The van der Waals surface area contributed by atoms with Crippen LogP contribution in [0.1, 0.15) is 22.6 Å². The van der Waals surface area contributed by atoms with Crippen LogP contribution in [0, 0.1) is 6.92 Å². The molecule has 0 unspecified atom stereocenters. The number of carbonyl (C=O) groups excluding carboxylic acids is 1. The third kappa shape index (κ3) is 4.55. The Bertz CT molecular complexity index is 935. The number of aromatic nitrogens is 3. The summed E-state index contributed by atoms with van der Waals surface area (Å²) in [5.41, 5.74) is 2.79.